The van der Waals surface area contributed by atoms with E-state index >= 15 is 0 Å². The van der Waals surface area contributed by atoms with Crippen LogP contribution < -0.4 is 5.56 Å². The van der Waals surface area contributed by atoms with Gasteiger partial charge in [-0.2, -0.15) is 13.2 Å². The molecule has 1 aliphatic rings. The number of likely N-dealkylation sites (tertiary alicyclic amines) is 1. The molecule has 26 heavy (non-hydrogen) atoms. The number of hydrogen-bond acceptors (Lipinski definition) is 4. The van der Waals surface area contributed by atoms with E-state index in [9.17, 15) is 22.8 Å². The zero-order valence-corrected chi connectivity index (χ0v) is 14.1. The van der Waals surface area contributed by atoms with Crippen molar-refractivity contribution >= 4 is 16.8 Å². The summed E-state index contributed by atoms with van der Waals surface area (Å²) in [6.07, 6.45) is -3.13. The smallest absolute Gasteiger partial charge is 0.375 e. The van der Waals surface area contributed by atoms with Crippen LogP contribution in [0.4, 0.5) is 13.2 Å². The average Bonchev–Trinajstić information content (AvgIpc) is 2.60. The third-order valence-electron chi connectivity index (χ3n) is 4.49. The molecule has 2 aromatic heterocycles. The molecule has 1 saturated heterocycles. The van der Waals surface area contributed by atoms with Crippen molar-refractivity contribution in [2.45, 2.75) is 24.9 Å². The topological polar surface area (TPSA) is 75.3 Å². The van der Waals surface area contributed by atoms with E-state index in [0.29, 0.717) is 18.8 Å². The monoisotopic (exact) mass is 369 g/mol. The maximum Gasteiger partial charge on any atom is 0.433 e. The molecule has 2 aromatic rings. The summed E-state index contributed by atoms with van der Waals surface area (Å²) < 4.78 is 43.5. The van der Waals surface area contributed by atoms with Crippen molar-refractivity contribution in [1.29, 1.82) is 0 Å². The van der Waals surface area contributed by atoms with E-state index in [1.807, 2.05) is 0 Å². The van der Waals surface area contributed by atoms with Gasteiger partial charge in [-0.05, 0) is 31.0 Å². The summed E-state index contributed by atoms with van der Waals surface area (Å²) in [5.74, 6) is -0.323. The molecule has 1 atom stereocenters. The SMILES string of the molecule is COCC(=O)N1CCCC(c2cc3nc(C(F)(F)F)ccc3c(=O)[nH]2)C1. The van der Waals surface area contributed by atoms with E-state index in [4.69, 9.17) is 4.74 Å². The summed E-state index contributed by atoms with van der Waals surface area (Å²) in [6.45, 7) is 0.938. The molecule has 3 rings (SSSR count). The van der Waals surface area contributed by atoms with Gasteiger partial charge in [-0.25, -0.2) is 4.98 Å². The number of fused-ring (bicyclic) bond motifs is 1. The number of aromatic nitrogens is 2. The van der Waals surface area contributed by atoms with Crippen LogP contribution in [-0.2, 0) is 15.7 Å². The number of nitrogens with zero attached hydrogens (tertiary/aromatic N) is 2. The molecule has 0 spiro atoms. The van der Waals surface area contributed by atoms with Gasteiger partial charge in [0.2, 0.25) is 5.91 Å². The minimum atomic E-state index is -4.58. The van der Waals surface area contributed by atoms with Crippen LogP contribution in [0.3, 0.4) is 0 Å². The van der Waals surface area contributed by atoms with E-state index in [1.54, 1.807) is 4.90 Å². The highest BCUT2D eigenvalue weighted by molar-refractivity contribution is 5.79. The summed E-state index contributed by atoms with van der Waals surface area (Å²) in [5.41, 5.74) is -1.04. The van der Waals surface area contributed by atoms with Crippen molar-refractivity contribution in [1.82, 2.24) is 14.9 Å². The molecule has 1 amide bonds. The Hall–Kier alpha value is -2.42. The Morgan fingerprint density at radius 3 is 2.88 bits per heavy atom. The van der Waals surface area contributed by atoms with Crippen LogP contribution in [0, 0.1) is 0 Å². The predicted molar refractivity (Wildman–Crippen MR) is 87.8 cm³/mol. The lowest BCUT2D eigenvalue weighted by Gasteiger charge is -2.32. The van der Waals surface area contributed by atoms with Crippen LogP contribution in [0.2, 0.25) is 0 Å². The molecule has 1 unspecified atom stereocenters. The number of H-pyrrole nitrogens is 1. The molecule has 1 N–H and O–H groups in total. The Morgan fingerprint density at radius 1 is 1.42 bits per heavy atom. The van der Waals surface area contributed by atoms with Gasteiger partial charge < -0.3 is 14.6 Å². The number of aromatic amines is 1. The van der Waals surface area contributed by atoms with Gasteiger partial charge in [0, 0.05) is 31.8 Å². The normalized spacial score (nSPS) is 18.3. The summed E-state index contributed by atoms with van der Waals surface area (Å²) in [7, 11) is 1.43. The number of carbonyl (C=O) groups is 1. The van der Waals surface area contributed by atoms with Gasteiger partial charge in [-0.3, -0.25) is 9.59 Å². The standard InChI is InChI=1S/C17H18F3N3O3/c1-26-9-15(24)23-6-2-3-10(8-23)12-7-13-11(16(25)22-12)4-5-14(21-13)17(18,19)20/h4-5,7,10H,2-3,6,8-9H2,1H3,(H,22,25). The van der Waals surface area contributed by atoms with E-state index in [1.165, 1.54) is 13.2 Å². The Labute approximate surface area is 147 Å². The van der Waals surface area contributed by atoms with Gasteiger partial charge in [0.25, 0.3) is 5.56 Å². The lowest BCUT2D eigenvalue weighted by Crippen LogP contribution is -2.41. The predicted octanol–water partition coefficient (Wildman–Crippen LogP) is 2.29. The fourth-order valence-corrected chi connectivity index (χ4v) is 3.21. The third-order valence-corrected chi connectivity index (χ3v) is 4.49. The van der Waals surface area contributed by atoms with Crippen LogP contribution in [0.15, 0.2) is 23.0 Å². The van der Waals surface area contributed by atoms with Gasteiger partial charge in [-0.15, -0.1) is 0 Å². The fourth-order valence-electron chi connectivity index (χ4n) is 3.21. The molecule has 3 heterocycles. The number of amides is 1. The number of carbonyl (C=O) groups excluding carboxylic acids is 1. The number of pyridine rings is 2. The number of hydrogen-bond donors (Lipinski definition) is 1. The first-order chi connectivity index (χ1) is 12.3. The third kappa shape index (κ3) is 3.72. The maximum absolute atomic E-state index is 12.9. The number of alkyl halides is 3. The second kappa shape index (κ2) is 7.06. The van der Waals surface area contributed by atoms with Gasteiger partial charge >= 0.3 is 6.18 Å². The largest absolute Gasteiger partial charge is 0.433 e. The van der Waals surface area contributed by atoms with Crippen LogP contribution in [0.25, 0.3) is 10.9 Å². The van der Waals surface area contributed by atoms with E-state index in [2.05, 4.69) is 9.97 Å². The van der Waals surface area contributed by atoms with Crippen molar-refractivity contribution in [3.63, 3.8) is 0 Å². The molecule has 1 fully saturated rings. The quantitative estimate of drug-likeness (QED) is 0.901. The highest BCUT2D eigenvalue weighted by Crippen LogP contribution is 2.30. The van der Waals surface area contributed by atoms with Gasteiger partial charge in [0.15, 0.2) is 0 Å². The van der Waals surface area contributed by atoms with Crippen molar-refractivity contribution in [3.05, 3.63) is 39.9 Å². The molecular formula is C17H18F3N3O3. The van der Waals surface area contributed by atoms with Crippen molar-refractivity contribution in [2.24, 2.45) is 0 Å². The van der Waals surface area contributed by atoms with Gasteiger partial charge in [0.1, 0.15) is 12.3 Å². The molecule has 6 nitrogen and oxygen atoms in total. The van der Waals surface area contributed by atoms with Crippen LogP contribution in [0.5, 0.6) is 0 Å². The zero-order chi connectivity index (χ0) is 18.9. The van der Waals surface area contributed by atoms with Gasteiger partial charge in [0.05, 0.1) is 10.9 Å². The lowest BCUT2D eigenvalue weighted by molar-refractivity contribution is -0.141. The first kappa shape index (κ1) is 18.4. The number of methoxy groups -OCH3 is 1. The maximum atomic E-state index is 12.9. The number of ether oxygens (including phenoxy) is 1. The first-order valence-electron chi connectivity index (χ1n) is 8.17. The number of piperidine rings is 1. The molecule has 0 aromatic carbocycles. The number of halogens is 3. The Balaban J connectivity index is 1.94. The highest BCUT2D eigenvalue weighted by Gasteiger charge is 2.33. The Kier molecular flexibility index (Phi) is 4.99. The van der Waals surface area contributed by atoms with E-state index < -0.39 is 17.4 Å². The highest BCUT2D eigenvalue weighted by atomic mass is 19.4. The molecular weight excluding hydrogens is 351 g/mol. The Bertz CT molecular complexity index is 879. The molecule has 9 heteroatoms. The number of nitrogens with one attached hydrogen (secondary N) is 1. The van der Waals surface area contributed by atoms with Crippen LogP contribution in [0.1, 0.15) is 30.1 Å². The van der Waals surface area contributed by atoms with Crippen LogP contribution >= 0.6 is 0 Å². The lowest BCUT2D eigenvalue weighted by atomic mass is 9.93. The summed E-state index contributed by atoms with van der Waals surface area (Å²) in [4.78, 5) is 32.2. The summed E-state index contributed by atoms with van der Waals surface area (Å²) >= 11 is 0. The van der Waals surface area contributed by atoms with E-state index in [0.717, 1.165) is 25.0 Å². The first-order valence-corrected chi connectivity index (χ1v) is 8.17. The summed E-state index contributed by atoms with van der Waals surface area (Å²) in [6, 6.07) is 3.40. The second-order valence-electron chi connectivity index (χ2n) is 6.29. The average molecular weight is 369 g/mol. The molecule has 0 bridgehead atoms. The zero-order valence-electron chi connectivity index (χ0n) is 14.1. The molecule has 0 aliphatic carbocycles. The van der Waals surface area contributed by atoms with E-state index in [-0.39, 0.29) is 29.3 Å². The number of rotatable bonds is 3. The van der Waals surface area contributed by atoms with Crippen molar-refractivity contribution < 1.29 is 22.7 Å². The minimum absolute atomic E-state index is 0.00100. The van der Waals surface area contributed by atoms with Crippen LogP contribution in [-0.4, -0.2) is 47.6 Å². The fraction of sp³-hybridized carbons (Fsp3) is 0.471. The molecule has 140 valence electrons. The molecule has 0 saturated carbocycles. The van der Waals surface area contributed by atoms with Gasteiger partial charge in [-0.1, -0.05) is 0 Å². The summed E-state index contributed by atoms with van der Waals surface area (Å²) in [5, 5.41) is 0.102. The molecule has 0 radical (unpaired) electrons. The van der Waals surface area contributed by atoms with Crippen molar-refractivity contribution in [2.75, 3.05) is 26.8 Å². The second-order valence-corrected chi connectivity index (χ2v) is 6.29. The Morgan fingerprint density at radius 2 is 2.19 bits per heavy atom. The minimum Gasteiger partial charge on any atom is -0.375 e. The molecule has 1 aliphatic heterocycles. The van der Waals surface area contributed by atoms with Crippen molar-refractivity contribution in [3.8, 4) is 0 Å².